The van der Waals surface area contributed by atoms with Crippen molar-refractivity contribution in [2.75, 3.05) is 11.9 Å². The number of carbonyl (C=O) groups excluding carboxylic acids is 1. The van der Waals surface area contributed by atoms with Gasteiger partial charge in [-0.2, -0.15) is 0 Å². The molecule has 106 valence electrons. The number of hydrogen-bond donors (Lipinski definition) is 0. The van der Waals surface area contributed by atoms with Crippen LogP contribution in [-0.2, 0) is 6.67 Å². The van der Waals surface area contributed by atoms with Gasteiger partial charge in [0.1, 0.15) is 5.82 Å². The van der Waals surface area contributed by atoms with Gasteiger partial charge in [0.2, 0.25) is 0 Å². The van der Waals surface area contributed by atoms with Crippen LogP contribution in [0.5, 0.6) is 0 Å². The zero-order valence-electron chi connectivity index (χ0n) is 11.7. The molecule has 2 aromatic carbocycles. The highest BCUT2D eigenvalue weighted by Gasteiger charge is 2.09. The van der Waals surface area contributed by atoms with Gasteiger partial charge in [-0.3, -0.25) is 4.79 Å². The van der Waals surface area contributed by atoms with E-state index in [-0.39, 0.29) is 5.82 Å². The van der Waals surface area contributed by atoms with Crippen molar-refractivity contribution in [2.24, 2.45) is 0 Å². The molecule has 0 spiro atoms. The first kappa shape index (κ1) is 13.4. The van der Waals surface area contributed by atoms with Crippen LogP contribution in [-0.4, -0.2) is 17.9 Å². The first-order valence-corrected chi connectivity index (χ1v) is 6.69. The summed E-state index contributed by atoms with van der Waals surface area (Å²) in [6.07, 6.45) is 2.72. The van der Waals surface area contributed by atoms with E-state index in [1.54, 1.807) is 12.1 Å². The van der Waals surface area contributed by atoms with E-state index in [9.17, 15) is 9.18 Å². The molecule has 0 aliphatic rings. The van der Waals surface area contributed by atoms with Gasteiger partial charge in [-0.25, -0.2) is 4.39 Å². The number of halogens is 1. The van der Waals surface area contributed by atoms with E-state index < -0.39 is 0 Å². The van der Waals surface area contributed by atoms with Crippen molar-refractivity contribution in [3.05, 3.63) is 66.1 Å². The number of para-hydroxylation sites is 1. The standard InChI is InChI=1S/C17H15FN2O/c1-19(15-8-6-14(18)7-9-15)12-20-10-13(11-21)16-4-2-3-5-17(16)20/h2-11H,12H2,1H3. The van der Waals surface area contributed by atoms with Gasteiger partial charge in [0, 0.05) is 29.9 Å². The minimum Gasteiger partial charge on any atom is -0.357 e. The minimum absolute atomic E-state index is 0.248. The second kappa shape index (κ2) is 5.40. The smallest absolute Gasteiger partial charge is 0.152 e. The molecule has 4 heteroatoms. The number of rotatable bonds is 4. The number of anilines is 1. The van der Waals surface area contributed by atoms with Gasteiger partial charge in [0.05, 0.1) is 12.2 Å². The summed E-state index contributed by atoms with van der Waals surface area (Å²) in [6, 6.07) is 14.2. The Balaban J connectivity index is 1.94. The predicted molar refractivity (Wildman–Crippen MR) is 82.1 cm³/mol. The lowest BCUT2D eigenvalue weighted by Gasteiger charge is -2.20. The third-order valence-electron chi connectivity index (χ3n) is 3.58. The highest BCUT2D eigenvalue weighted by Crippen LogP contribution is 2.21. The van der Waals surface area contributed by atoms with E-state index in [0.29, 0.717) is 12.2 Å². The fourth-order valence-corrected chi connectivity index (χ4v) is 2.49. The third-order valence-corrected chi connectivity index (χ3v) is 3.58. The average Bonchev–Trinajstić information content (AvgIpc) is 2.86. The van der Waals surface area contributed by atoms with Crippen molar-refractivity contribution in [1.29, 1.82) is 0 Å². The van der Waals surface area contributed by atoms with Crippen LogP contribution in [0.2, 0.25) is 0 Å². The highest BCUT2D eigenvalue weighted by atomic mass is 19.1. The summed E-state index contributed by atoms with van der Waals surface area (Å²) in [6.45, 7) is 0.583. The summed E-state index contributed by atoms with van der Waals surface area (Å²) in [5.74, 6) is -0.248. The van der Waals surface area contributed by atoms with E-state index in [4.69, 9.17) is 0 Å². The van der Waals surface area contributed by atoms with Gasteiger partial charge >= 0.3 is 0 Å². The Morgan fingerprint density at radius 3 is 2.57 bits per heavy atom. The van der Waals surface area contributed by atoms with E-state index in [0.717, 1.165) is 22.9 Å². The van der Waals surface area contributed by atoms with Crippen molar-refractivity contribution in [3.63, 3.8) is 0 Å². The van der Waals surface area contributed by atoms with Crippen molar-refractivity contribution in [3.8, 4) is 0 Å². The Labute approximate surface area is 122 Å². The molecule has 3 nitrogen and oxygen atoms in total. The molecule has 0 fully saturated rings. The molecule has 0 aliphatic heterocycles. The molecule has 21 heavy (non-hydrogen) atoms. The number of aromatic nitrogens is 1. The van der Waals surface area contributed by atoms with E-state index in [2.05, 4.69) is 0 Å². The Bertz CT molecular complexity index is 777. The molecule has 0 radical (unpaired) electrons. The minimum atomic E-state index is -0.248. The molecule has 0 saturated heterocycles. The largest absolute Gasteiger partial charge is 0.357 e. The van der Waals surface area contributed by atoms with Gasteiger partial charge in [-0.1, -0.05) is 18.2 Å². The van der Waals surface area contributed by atoms with E-state index in [1.807, 2.05) is 47.0 Å². The van der Waals surface area contributed by atoms with Crippen molar-refractivity contribution >= 4 is 22.9 Å². The van der Waals surface area contributed by atoms with Gasteiger partial charge < -0.3 is 9.47 Å². The van der Waals surface area contributed by atoms with Crippen molar-refractivity contribution in [1.82, 2.24) is 4.57 Å². The summed E-state index contributed by atoms with van der Waals surface area (Å²) < 4.78 is 15.0. The molecule has 0 amide bonds. The summed E-state index contributed by atoms with van der Waals surface area (Å²) in [7, 11) is 1.93. The molecule has 3 rings (SSSR count). The van der Waals surface area contributed by atoms with Crippen LogP contribution in [0.3, 0.4) is 0 Å². The Morgan fingerprint density at radius 2 is 1.86 bits per heavy atom. The lowest BCUT2D eigenvalue weighted by Crippen LogP contribution is -2.20. The molecule has 3 aromatic rings. The van der Waals surface area contributed by atoms with Crippen molar-refractivity contribution in [2.45, 2.75) is 6.67 Å². The van der Waals surface area contributed by atoms with Gasteiger partial charge in [0.25, 0.3) is 0 Å². The maximum atomic E-state index is 13.0. The summed E-state index contributed by atoms with van der Waals surface area (Å²) in [5.41, 5.74) is 2.61. The van der Waals surface area contributed by atoms with Crippen LogP contribution < -0.4 is 4.90 Å². The van der Waals surface area contributed by atoms with Crippen LogP contribution in [0.15, 0.2) is 54.7 Å². The summed E-state index contributed by atoms with van der Waals surface area (Å²) in [4.78, 5) is 13.2. The van der Waals surface area contributed by atoms with Crippen LogP contribution in [0.1, 0.15) is 10.4 Å². The molecule has 0 unspecified atom stereocenters. The molecule has 0 bridgehead atoms. The fourth-order valence-electron chi connectivity index (χ4n) is 2.49. The van der Waals surface area contributed by atoms with Gasteiger partial charge in [-0.05, 0) is 30.3 Å². The molecule has 1 heterocycles. The van der Waals surface area contributed by atoms with E-state index in [1.165, 1.54) is 12.1 Å². The van der Waals surface area contributed by atoms with Gasteiger partial charge in [0.15, 0.2) is 6.29 Å². The second-order valence-electron chi connectivity index (χ2n) is 5.01. The second-order valence-corrected chi connectivity index (χ2v) is 5.01. The molecule has 0 atom stereocenters. The monoisotopic (exact) mass is 282 g/mol. The predicted octanol–water partition coefficient (Wildman–Crippen LogP) is 3.69. The molecule has 0 saturated carbocycles. The number of benzene rings is 2. The number of hydrogen-bond acceptors (Lipinski definition) is 2. The number of fused-ring (bicyclic) bond motifs is 1. The highest BCUT2D eigenvalue weighted by molar-refractivity contribution is 5.97. The molecule has 0 N–H and O–H groups in total. The first-order chi connectivity index (χ1) is 10.2. The summed E-state index contributed by atoms with van der Waals surface area (Å²) >= 11 is 0. The molecule has 0 aliphatic carbocycles. The molecular formula is C17H15FN2O. The maximum absolute atomic E-state index is 13.0. The third kappa shape index (κ3) is 2.52. The SMILES string of the molecule is CN(Cn1cc(C=O)c2ccccc21)c1ccc(F)cc1. The first-order valence-electron chi connectivity index (χ1n) is 6.69. The Kier molecular flexibility index (Phi) is 3.44. The van der Waals surface area contributed by atoms with Crippen LogP contribution in [0.25, 0.3) is 10.9 Å². The average molecular weight is 282 g/mol. The normalized spacial score (nSPS) is 10.8. The quantitative estimate of drug-likeness (QED) is 0.682. The lowest BCUT2D eigenvalue weighted by atomic mass is 10.2. The zero-order chi connectivity index (χ0) is 14.8. The number of nitrogens with zero attached hydrogens (tertiary/aromatic N) is 2. The summed E-state index contributed by atoms with van der Waals surface area (Å²) in [5, 5.41) is 0.944. The Morgan fingerprint density at radius 1 is 1.14 bits per heavy atom. The van der Waals surface area contributed by atoms with Crippen LogP contribution in [0.4, 0.5) is 10.1 Å². The lowest BCUT2D eigenvalue weighted by molar-refractivity contribution is 0.112. The van der Waals surface area contributed by atoms with Crippen LogP contribution in [0, 0.1) is 5.82 Å². The fraction of sp³-hybridized carbons (Fsp3) is 0.118. The van der Waals surface area contributed by atoms with E-state index >= 15 is 0 Å². The Hall–Kier alpha value is -2.62. The van der Waals surface area contributed by atoms with Gasteiger partial charge in [-0.15, -0.1) is 0 Å². The van der Waals surface area contributed by atoms with Crippen molar-refractivity contribution < 1.29 is 9.18 Å². The molecule has 1 aromatic heterocycles. The molecular weight excluding hydrogens is 267 g/mol. The van der Waals surface area contributed by atoms with Crippen LogP contribution >= 0.6 is 0 Å². The number of carbonyl (C=O) groups is 1. The topological polar surface area (TPSA) is 25.2 Å². The zero-order valence-corrected chi connectivity index (χ0v) is 11.7. The maximum Gasteiger partial charge on any atom is 0.152 e. The number of aldehydes is 1.